The fourth-order valence-corrected chi connectivity index (χ4v) is 14.2. The van der Waals surface area contributed by atoms with E-state index >= 15 is 0 Å². The van der Waals surface area contributed by atoms with Gasteiger partial charge in [0.2, 0.25) is 0 Å². The van der Waals surface area contributed by atoms with E-state index in [9.17, 15) is 5.11 Å². The predicted molar refractivity (Wildman–Crippen MR) is 441 cm³/mol. The first-order valence-electron chi connectivity index (χ1n) is 35.0. The second-order valence-corrected chi connectivity index (χ2v) is 25.8. The van der Waals surface area contributed by atoms with Crippen molar-refractivity contribution in [1.82, 2.24) is 19.1 Å². The van der Waals surface area contributed by atoms with Gasteiger partial charge < -0.3 is 19.6 Å². The minimum Gasteiger partial charge on any atom is -0.508 e. The Kier molecular flexibility index (Phi) is 18.8. The Morgan fingerprint density at radius 2 is 0.629 bits per heavy atom. The number of aromatic nitrogens is 4. The van der Waals surface area contributed by atoms with Crippen LogP contribution in [0.4, 0.5) is 34.1 Å². The number of ether oxygens (including phenoxy) is 1. The van der Waals surface area contributed by atoms with Crippen molar-refractivity contribution in [3.8, 4) is 45.6 Å². The molecule has 0 saturated carbocycles. The second-order valence-electron chi connectivity index (χ2n) is 25.5. The molecule has 2 aromatic heterocycles. The number of hydrogen-bond acceptors (Lipinski definition) is 6. The lowest BCUT2D eigenvalue weighted by Crippen LogP contribution is -2.09. The molecule has 9 heteroatoms. The monoisotopic (exact) mass is 1370 g/mol. The largest absolute Gasteiger partial charge is 0.508 e. The van der Waals surface area contributed by atoms with Crippen molar-refractivity contribution in [2.75, 3.05) is 9.80 Å². The number of alkyl halides is 1. The molecule has 0 amide bonds. The summed E-state index contributed by atoms with van der Waals surface area (Å²) in [6, 6.07) is 125. The molecule has 18 rings (SSSR count). The van der Waals surface area contributed by atoms with Crippen molar-refractivity contribution in [3.63, 3.8) is 0 Å². The van der Waals surface area contributed by atoms with Crippen molar-refractivity contribution in [1.29, 1.82) is 0 Å². The number of rotatable bonds is 16. The number of para-hydroxylation sites is 4. The molecule has 0 aliphatic rings. The molecule has 0 fully saturated rings. The molecule has 0 unspecified atom stereocenters. The van der Waals surface area contributed by atoms with Crippen LogP contribution in [0.5, 0.6) is 11.5 Å². The van der Waals surface area contributed by atoms with Gasteiger partial charge in [-0.25, -0.2) is 9.97 Å². The quantitative estimate of drug-likeness (QED) is 0.0768. The summed E-state index contributed by atoms with van der Waals surface area (Å²) in [5, 5.41) is 19.4. The van der Waals surface area contributed by atoms with Gasteiger partial charge in [-0.1, -0.05) is 244 Å². The van der Waals surface area contributed by atoms with E-state index in [-0.39, 0.29) is 5.75 Å². The lowest BCUT2D eigenvalue weighted by Gasteiger charge is -2.25. The van der Waals surface area contributed by atoms with Crippen LogP contribution in [0.1, 0.15) is 22.3 Å². The zero-order chi connectivity index (χ0) is 71.0. The van der Waals surface area contributed by atoms with Gasteiger partial charge in [-0.15, -0.1) is 11.6 Å². The van der Waals surface area contributed by atoms with Gasteiger partial charge in [0.25, 0.3) is 0 Å². The minimum absolute atomic E-state index is 0.233. The number of imidazole rings is 2. The maximum Gasteiger partial charge on any atom is 0.145 e. The molecule has 504 valence electrons. The third kappa shape index (κ3) is 13.4. The predicted octanol–water partition coefficient (Wildman–Crippen LogP) is 25.9. The SMILES string of the molecule is C=Cc1ccc(CCl)cc1.C=Cc1ccc(COc2ccc(-n3c(-c4ccc(N(c5ccccc5)c5ccccc5)cc4)nc4c5ccccc5c5ccccc5c43)cc2)cc1.Oc1ccc(-n2c(-c3ccc(N(c4ccccc4)c4ccccc4)cc3)nc3c4ccccc4c4ccccc4c32)cc1. The molecule has 105 heavy (non-hydrogen) atoms. The summed E-state index contributed by atoms with van der Waals surface area (Å²) in [4.78, 5) is 15.3. The summed E-state index contributed by atoms with van der Waals surface area (Å²) in [5.41, 5.74) is 19.0. The number of nitrogens with zero attached hydrogens (tertiary/aromatic N) is 6. The lowest BCUT2D eigenvalue weighted by molar-refractivity contribution is 0.306. The Morgan fingerprint density at radius 1 is 0.324 bits per heavy atom. The minimum atomic E-state index is 0.233. The van der Waals surface area contributed by atoms with Crippen molar-refractivity contribution in [2.45, 2.75) is 12.5 Å². The van der Waals surface area contributed by atoms with E-state index in [4.69, 9.17) is 26.3 Å². The number of phenolic OH excluding ortho intramolecular Hbond substituents is 1. The molecule has 8 nitrogen and oxygen atoms in total. The first-order chi connectivity index (χ1) is 51.9. The van der Waals surface area contributed by atoms with Gasteiger partial charge in [0.1, 0.15) is 29.8 Å². The summed E-state index contributed by atoms with van der Waals surface area (Å²) in [5.74, 6) is 3.35. The number of benzene rings is 16. The van der Waals surface area contributed by atoms with Crippen LogP contribution in [-0.4, -0.2) is 24.2 Å². The van der Waals surface area contributed by atoms with Gasteiger partial charge in [-0.3, -0.25) is 9.13 Å². The molecular weight excluding hydrogens is 1300 g/mol. The average Bonchev–Trinajstić information content (AvgIpc) is 1.56. The molecule has 0 atom stereocenters. The van der Waals surface area contributed by atoms with E-state index in [2.05, 4.69) is 323 Å². The molecule has 18 aromatic rings. The van der Waals surface area contributed by atoms with E-state index in [0.29, 0.717) is 12.5 Å². The van der Waals surface area contributed by atoms with E-state index in [1.165, 1.54) is 21.5 Å². The molecule has 0 radical (unpaired) electrons. The summed E-state index contributed by atoms with van der Waals surface area (Å²) in [6.07, 6.45) is 3.67. The number of fused-ring (bicyclic) bond motifs is 12. The zero-order valence-corrected chi connectivity index (χ0v) is 58.3. The molecule has 0 bridgehead atoms. The molecule has 1 N–H and O–H groups in total. The Bertz CT molecular complexity index is 5990. The Morgan fingerprint density at radius 3 is 0.981 bits per heavy atom. The Balaban J connectivity index is 0.000000144. The topological polar surface area (TPSA) is 71.6 Å². The van der Waals surface area contributed by atoms with Gasteiger partial charge in [0, 0.05) is 84.1 Å². The van der Waals surface area contributed by atoms with E-state index in [1.807, 2.05) is 72.8 Å². The van der Waals surface area contributed by atoms with Crippen LogP contribution in [0.25, 0.3) is 111 Å². The fourth-order valence-electron chi connectivity index (χ4n) is 14.0. The third-order valence-electron chi connectivity index (χ3n) is 19.1. The highest BCUT2D eigenvalue weighted by molar-refractivity contribution is 6.25. The standard InChI is InChI=1S/C48H35N3O.C39H27N3O.C9H9Cl/c1-2-34-21-23-35(24-22-34)33-52-41-31-29-40(30-32-41)51-47-45-20-12-10-18-43(45)42-17-9-11-19-44(42)46(47)49-48(51)36-25-27-39(28-26-36)50(37-13-5-3-6-14-37)38-15-7-4-8-16-38;43-32-25-23-31(24-26-32)42-38-36-18-10-8-16-34(36)33-15-7-9-17-35(33)37(38)40-39(42)27-19-21-30(22-20-27)41(28-11-3-1-4-12-28)29-13-5-2-6-14-29;1-2-8-3-5-9(7-10)6-4-8/h2-32H,1,33H2;1-26,43H;2-6H,1,7H2. The summed E-state index contributed by atoms with van der Waals surface area (Å²) >= 11 is 5.60. The van der Waals surface area contributed by atoms with Gasteiger partial charge >= 0.3 is 0 Å². The van der Waals surface area contributed by atoms with E-state index in [0.717, 1.165) is 140 Å². The average molecular weight is 1380 g/mol. The smallest absolute Gasteiger partial charge is 0.145 e. The van der Waals surface area contributed by atoms with Crippen LogP contribution >= 0.6 is 11.6 Å². The lowest BCUT2D eigenvalue weighted by atomic mass is 10.00. The molecule has 0 spiro atoms. The van der Waals surface area contributed by atoms with Crippen molar-refractivity contribution in [3.05, 3.63) is 399 Å². The number of phenols is 1. The highest BCUT2D eigenvalue weighted by Gasteiger charge is 2.24. The molecule has 0 aliphatic heterocycles. The molecule has 2 heterocycles. The normalized spacial score (nSPS) is 11.1. The molecule has 0 saturated heterocycles. The first kappa shape index (κ1) is 66.0. The Labute approximate surface area is 615 Å². The number of anilines is 6. The highest BCUT2D eigenvalue weighted by Crippen LogP contribution is 2.44. The highest BCUT2D eigenvalue weighted by atomic mass is 35.5. The molecule has 0 aliphatic carbocycles. The maximum absolute atomic E-state index is 10.1. The van der Waals surface area contributed by atoms with Crippen molar-refractivity contribution < 1.29 is 9.84 Å². The van der Waals surface area contributed by atoms with E-state index < -0.39 is 0 Å². The summed E-state index contributed by atoms with van der Waals surface area (Å²) < 4.78 is 10.8. The first-order valence-corrected chi connectivity index (χ1v) is 35.6. The van der Waals surface area contributed by atoms with Crippen LogP contribution in [0.3, 0.4) is 0 Å². The van der Waals surface area contributed by atoms with Crippen LogP contribution in [-0.2, 0) is 12.5 Å². The number of hydrogen-bond donors (Lipinski definition) is 1. The van der Waals surface area contributed by atoms with Crippen molar-refractivity contribution >= 4 is 123 Å². The number of aromatic hydroxyl groups is 1. The molecule has 16 aromatic carbocycles. The van der Waals surface area contributed by atoms with Crippen molar-refractivity contribution in [2.24, 2.45) is 0 Å². The van der Waals surface area contributed by atoms with Gasteiger partial charge in [0.15, 0.2) is 0 Å². The molecular formula is C96H71ClN6O2. The second kappa shape index (κ2) is 30.0. The summed E-state index contributed by atoms with van der Waals surface area (Å²) in [7, 11) is 0. The third-order valence-corrected chi connectivity index (χ3v) is 19.4. The van der Waals surface area contributed by atoms with Crippen LogP contribution in [0.15, 0.2) is 377 Å². The maximum atomic E-state index is 10.1. The number of halogens is 1. The van der Waals surface area contributed by atoms with Crippen LogP contribution in [0, 0.1) is 0 Å². The Hall–Kier alpha value is -13.5. The summed E-state index contributed by atoms with van der Waals surface area (Å²) in [6.45, 7) is 7.99. The van der Waals surface area contributed by atoms with Gasteiger partial charge in [0.05, 0.1) is 22.1 Å². The zero-order valence-electron chi connectivity index (χ0n) is 57.5. The van der Waals surface area contributed by atoms with Crippen LogP contribution in [0.2, 0.25) is 0 Å². The van der Waals surface area contributed by atoms with E-state index in [1.54, 1.807) is 12.1 Å². The fraction of sp³-hybridized carbons (Fsp3) is 0.0208. The van der Waals surface area contributed by atoms with Gasteiger partial charge in [-0.2, -0.15) is 0 Å². The van der Waals surface area contributed by atoms with Gasteiger partial charge in [-0.05, 0) is 189 Å². The van der Waals surface area contributed by atoms with Crippen LogP contribution < -0.4 is 14.5 Å².